The van der Waals surface area contributed by atoms with Gasteiger partial charge in [-0.2, -0.15) is 0 Å². The maximum atomic E-state index is 11.5. The lowest BCUT2D eigenvalue weighted by atomic mass is 10.1. The molecule has 3 heteroatoms. The van der Waals surface area contributed by atoms with Gasteiger partial charge in [-0.25, -0.2) is 4.79 Å². The van der Waals surface area contributed by atoms with Gasteiger partial charge in [-0.05, 0) is 25.5 Å². The monoisotopic (exact) mass is 212 g/mol. The Labute approximate surface area is 88.8 Å². The molecule has 0 bridgehead atoms. The molecule has 76 valence electrons. The molecule has 0 fully saturated rings. The summed E-state index contributed by atoms with van der Waals surface area (Å²) in [4.78, 5) is 10.6. The Bertz CT molecular complexity index is 306. The van der Waals surface area contributed by atoms with Crippen LogP contribution in [0.15, 0.2) is 30.3 Å². The Balaban J connectivity index is 2.67. The molecule has 1 atom stereocenters. The molecule has 0 N–H and O–H groups in total. The van der Waals surface area contributed by atoms with Gasteiger partial charge in [-0.15, -0.1) is 11.6 Å². The van der Waals surface area contributed by atoms with Crippen LogP contribution >= 0.6 is 11.6 Å². The molecule has 0 aliphatic carbocycles. The Kier molecular flexibility index (Phi) is 3.53. The number of esters is 1. The predicted octanol–water partition coefficient (Wildman–Crippen LogP) is 3.00. The minimum Gasteiger partial charge on any atom is -0.425 e. The Morgan fingerprint density at radius 1 is 1.43 bits per heavy atom. The molecule has 0 radical (unpaired) electrons. The minimum absolute atomic E-state index is 0.409. The Morgan fingerprint density at radius 3 is 2.50 bits per heavy atom. The number of hydrogen-bond donors (Lipinski definition) is 0. The summed E-state index contributed by atoms with van der Waals surface area (Å²) in [5, 5.41) is 0. The second-order valence-corrected chi connectivity index (χ2v) is 4.09. The van der Waals surface area contributed by atoms with E-state index in [0.29, 0.717) is 12.2 Å². The number of rotatable bonds is 3. The van der Waals surface area contributed by atoms with Crippen LogP contribution in [0.1, 0.15) is 20.3 Å². The SMILES string of the molecule is CCC(C)(Cl)C(=O)Oc1ccccc1. The van der Waals surface area contributed by atoms with Gasteiger partial charge in [-0.3, -0.25) is 0 Å². The maximum absolute atomic E-state index is 11.5. The van der Waals surface area contributed by atoms with Gasteiger partial charge in [0.05, 0.1) is 0 Å². The van der Waals surface area contributed by atoms with Gasteiger partial charge < -0.3 is 4.74 Å². The number of para-hydroxylation sites is 1. The van der Waals surface area contributed by atoms with Gasteiger partial charge in [0.15, 0.2) is 0 Å². The predicted molar refractivity (Wildman–Crippen MR) is 56.6 cm³/mol. The summed E-state index contributed by atoms with van der Waals surface area (Å²) in [5.74, 6) is 0.116. The van der Waals surface area contributed by atoms with Crippen molar-refractivity contribution in [1.82, 2.24) is 0 Å². The Hall–Kier alpha value is -1.02. The second kappa shape index (κ2) is 4.47. The smallest absolute Gasteiger partial charge is 0.332 e. The van der Waals surface area contributed by atoms with Gasteiger partial charge in [0.2, 0.25) is 0 Å². The Morgan fingerprint density at radius 2 is 2.00 bits per heavy atom. The van der Waals surface area contributed by atoms with Crippen molar-refractivity contribution in [2.24, 2.45) is 0 Å². The summed E-state index contributed by atoms with van der Waals surface area (Å²) in [5.41, 5.74) is 0. The lowest BCUT2D eigenvalue weighted by Crippen LogP contribution is -2.32. The van der Waals surface area contributed by atoms with Crippen molar-refractivity contribution in [3.63, 3.8) is 0 Å². The van der Waals surface area contributed by atoms with Crippen LogP contribution in [0, 0.1) is 0 Å². The van der Waals surface area contributed by atoms with Crippen LogP contribution < -0.4 is 4.74 Å². The van der Waals surface area contributed by atoms with E-state index >= 15 is 0 Å². The lowest BCUT2D eigenvalue weighted by Gasteiger charge is -2.17. The summed E-state index contributed by atoms with van der Waals surface area (Å²) >= 11 is 5.95. The fourth-order valence-electron chi connectivity index (χ4n) is 0.846. The molecule has 14 heavy (non-hydrogen) atoms. The average molecular weight is 213 g/mol. The van der Waals surface area contributed by atoms with E-state index in [1.165, 1.54) is 0 Å². The second-order valence-electron chi connectivity index (χ2n) is 3.25. The van der Waals surface area contributed by atoms with E-state index in [0.717, 1.165) is 0 Å². The summed E-state index contributed by atoms with van der Waals surface area (Å²) in [6.45, 7) is 3.50. The minimum atomic E-state index is -0.935. The van der Waals surface area contributed by atoms with Gasteiger partial charge >= 0.3 is 5.97 Å². The highest BCUT2D eigenvalue weighted by Gasteiger charge is 2.30. The number of benzene rings is 1. The molecule has 2 nitrogen and oxygen atoms in total. The van der Waals surface area contributed by atoms with E-state index in [9.17, 15) is 4.79 Å². The third-order valence-corrected chi connectivity index (χ3v) is 2.46. The van der Waals surface area contributed by atoms with Crippen molar-refractivity contribution in [3.8, 4) is 5.75 Å². The van der Waals surface area contributed by atoms with Crippen molar-refractivity contribution >= 4 is 17.6 Å². The zero-order valence-electron chi connectivity index (χ0n) is 8.29. The molecule has 0 saturated carbocycles. The highest BCUT2D eigenvalue weighted by molar-refractivity contribution is 6.33. The first kappa shape index (κ1) is 11.1. The molecule has 0 aromatic heterocycles. The highest BCUT2D eigenvalue weighted by atomic mass is 35.5. The van der Waals surface area contributed by atoms with E-state index in [1.807, 2.05) is 13.0 Å². The first-order valence-electron chi connectivity index (χ1n) is 4.52. The fourth-order valence-corrected chi connectivity index (χ4v) is 0.885. The topological polar surface area (TPSA) is 26.3 Å². The normalized spacial score (nSPS) is 14.5. The van der Waals surface area contributed by atoms with Crippen molar-refractivity contribution < 1.29 is 9.53 Å². The van der Waals surface area contributed by atoms with Crippen molar-refractivity contribution in [2.45, 2.75) is 25.1 Å². The first-order chi connectivity index (χ1) is 6.56. The molecule has 0 spiro atoms. The van der Waals surface area contributed by atoms with Crippen LogP contribution in [-0.4, -0.2) is 10.8 Å². The van der Waals surface area contributed by atoms with E-state index in [1.54, 1.807) is 31.2 Å². The van der Waals surface area contributed by atoms with Gasteiger partial charge in [-0.1, -0.05) is 25.1 Å². The van der Waals surface area contributed by atoms with Crippen LogP contribution in [0.4, 0.5) is 0 Å². The number of halogens is 1. The molecule has 1 aromatic carbocycles. The standard InChI is InChI=1S/C11H13ClO2/c1-3-11(2,12)10(13)14-9-7-5-4-6-8-9/h4-8H,3H2,1-2H3. The summed E-state index contributed by atoms with van der Waals surface area (Å²) in [6, 6.07) is 8.92. The molecule has 1 aromatic rings. The lowest BCUT2D eigenvalue weighted by molar-refractivity contribution is -0.137. The van der Waals surface area contributed by atoms with Crippen molar-refractivity contribution in [1.29, 1.82) is 0 Å². The number of carbonyl (C=O) groups is 1. The van der Waals surface area contributed by atoms with Gasteiger partial charge in [0, 0.05) is 0 Å². The van der Waals surface area contributed by atoms with Crippen LogP contribution in [-0.2, 0) is 4.79 Å². The van der Waals surface area contributed by atoms with E-state index in [-0.39, 0.29) is 0 Å². The van der Waals surface area contributed by atoms with Crippen molar-refractivity contribution in [2.75, 3.05) is 0 Å². The number of alkyl halides is 1. The molecule has 1 rings (SSSR count). The molecule has 1 unspecified atom stereocenters. The summed E-state index contributed by atoms with van der Waals surface area (Å²) in [6.07, 6.45) is 0.542. The van der Waals surface area contributed by atoms with Crippen LogP contribution in [0.5, 0.6) is 5.75 Å². The van der Waals surface area contributed by atoms with Gasteiger partial charge in [0.25, 0.3) is 0 Å². The number of hydrogen-bond acceptors (Lipinski definition) is 2. The van der Waals surface area contributed by atoms with Crippen LogP contribution in [0.3, 0.4) is 0 Å². The van der Waals surface area contributed by atoms with Crippen LogP contribution in [0.25, 0.3) is 0 Å². The molecular formula is C11H13ClO2. The molecule has 0 aliphatic rings. The third-order valence-electron chi connectivity index (χ3n) is 2.04. The van der Waals surface area contributed by atoms with E-state index in [4.69, 9.17) is 16.3 Å². The largest absolute Gasteiger partial charge is 0.425 e. The highest BCUT2D eigenvalue weighted by Crippen LogP contribution is 2.22. The quantitative estimate of drug-likeness (QED) is 0.438. The zero-order valence-corrected chi connectivity index (χ0v) is 9.04. The zero-order chi connectivity index (χ0) is 10.6. The molecule has 0 saturated heterocycles. The molecule has 0 aliphatic heterocycles. The summed E-state index contributed by atoms with van der Waals surface area (Å²) in [7, 11) is 0. The van der Waals surface area contributed by atoms with Crippen molar-refractivity contribution in [3.05, 3.63) is 30.3 Å². The number of ether oxygens (including phenoxy) is 1. The van der Waals surface area contributed by atoms with E-state index < -0.39 is 10.8 Å². The maximum Gasteiger partial charge on any atom is 0.332 e. The number of carbonyl (C=O) groups excluding carboxylic acids is 1. The van der Waals surface area contributed by atoms with E-state index in [2.05, 4.69) is 0 Å². The third kappa shape index (κ3) is 2.74. The fraction of sp³-hybridized carbons (Fsp3) is 0.364. The van der Waals surface area contributed by atoms with Crippen LogP contribution in [0.2, 0.25) is 0 Å². The molecule has 0 amide bonds. The molecular weight excluding hydrogens is 200 g/mol. The first-order valence-corrected chi connectivity index (χ1v) is 4.90. The van der Waals surface area contributed by atoms with Gasteiger partial charge in [0.1, 0.15) is 10.6 Å². The molecule has 0 heterocycles. The average Bonchev–Trinajstić information content (AvgIpc) is 2.19. The summed E-state index contributed by atoms with van der Waals surface area (Å²) < 4.78 is 5.10.